The summed E-state index contributed by atoms with van der Waals surface area (Å²) in [5.41, 5.74) is 6.97. The molecule has 2 unspecified atom stereocenters. The second-order valence-corrected chi connectivity index (χ2v) is 4.16. The number of fused-ring (bicyclic) bond motifs is 1. The molecule has 1 aliphatic heterocycles. The Kier molecular flexibility index (Phi) is 4.74. The van der Waals surface area contributed by atoms with Crippen LogP contribution in [0, 0.1) is 0 Å². The number of rotatable bonds is 2. The fourth-order valence-corrected chi connectivity index (χ4v) is 2.11. The van der Waals surface area contributed by atoms with E-state index in [1.807, 2.05) is 4.57 Å². The van der Waals surface area contributed by atoms with E-state index >= 15 is 0 Å². The van der Waals surface area contributed by atoms with Crippen LogP contribution < -0.4 is 5.73 Å². The number of halogens is 2. The molecule has 1 saturated heterocycles. The average molecular weight is 287 g/mol. The van der Waals surface area contributed by atoms with Crippen LogP contribution in [0.3, 0.4) is 0 Å². The summed E-state index contributed by atoms with van der Waals surface area (Å²) in [6, 6.07) is 0. The van der Waals surface area contributed by atoms with Crippen LogP contribution in [0.1, 0.15) is 19.1 Å². The standard InChI is InChI=1S/C10H13N5O2.CH2F2/c11-9-8-10(13-4-12-9)15(5-14-8)7-2-1-6(3-16)17-7;2-1-3/h4-7,16H,1-3H2,(H2,11,12,13);1H2. The number of anilines is 1. The van der Waals surface area contributed by atoms with Crippen molar-refractivity contribution >= 4 is 17.0 Å². The molecule has 110 valence electrons. The Morgan fingerprint density at radius 1 is 1.35 bits per heavy atom. The molecule has 0 amide bonds. The molecule has 3 N–H and O–H groups in total. The Morgan fingerprint density at radius 2 is 2.10 bits per heavy atom. The molecule has 2 atom stereocenters. The van der Waals surface area contributed by atoms with Gasteiger partial charge in [-0.2, -0.15) is 0 Å². The number of nitrogens with zero attached hydrogens (tertiary/aromatic N) is 4. The minimum Gasteiger partial charge on any atom is -0.394 e. The molecule has 3 rings (SSSR count). The topological polar surface area (TPSA) is 99.1 Å². The van der Waals surface area contributed by atoms with Crippen molar-refractivity contribution in [1.29, 1.82) is 0 Å². The molecule has 9 heteroatoms. The zero-order valence-corrected chi connectivity index (χ0v) is 10.6. The van der Waals surface area contributed by atoms with Gasteiger partial charge < -0.3 is 15.6 Å². The Balaban J connectivity index is 0.000000452. The summed E-state index contributed by atoms with van der Waals surface area (Å²) in [6.07, 6.45) is 4.50. The number of ether oxygens (including phenoxy) is 1. The quantitative estimate of drug-likeness (QED) is 0.853. The number of imidazole rings is 1. The molecule has 2 aromatic rings. The first-order chi connectivity index (χ1) is 9.71. The van der Waals surface area contributed by atoms with Gasteiger partial charge in [0.25, 0.3) is 0 Å². The SMILES string of the molecule is FCF.Nc1ncnc2c1ncn2C1CCC(CO)O1. The lowest BCUT2D eigenvalue weighted by Crippen LogP contribution is -2.14. The van der Waals surface area contributed by atoms with Crippen LogP contribution in [0.2, 0.25) is 0 Å². The third-order valence-corrected chi connectivity index (χ3v) is 2.99. The summed E-state index contributed by atoms with van der Waals surface area (Å²) in [5.74, 6) is 0.366. The first-order valence-electron chi connectivity index (χ1n) is 6.02. The summed E-state index contributed by atoms with van der Waals surface area (Å²) in [5, 5.41) is 9.04. The third kappa shape index (κ3) is 2.83. The minimum atomic E-state index is -1.75. The monoisotopic (exact) mass is 287 g/mol. The highest BCUT2D eigenvalue weighted by molar-refractivity contribution is 5.81. The van der Waals surface area contributed by atoms with Crippen molar-refractivity contribution in [3.05, 3.63) is 12.7 Å². The van der Waals surface area contributed by atoms with Crippen LogP contribution in [0.15, 0.2) is 12.7 Å². The van der Waals surface area contributed by atoms with E-state index in [0.717, 1.165) is 12.8 Å². The molecule has 3 heterocycles. The first-order valence-corrected chi connectivity index (χ1v) is 6.02. The van der Waals surface area contributed by atoms with Crippen LogP contribution in [0.25, 0.3) is 11.2 Å². The fraction of sp³-hybridized carbons (Fsp3) is 0.545. The number of aliphatic hydroxyl groups excluding tert-OH is 1. The normalized spacial score (nSPS) is 21.8. The van der Waals surface area contributed by atoms with E-state index in [0.29, 0.717) is 17.0 Å². The van der Waals surface area contributed by atoms with Gasteiger partial charge in [-0.15, -0.1) is 0 Å². The molecule has 1 aliphatic rings. The van der Waals surface area contributed by atoms with Crippen LogP contribution in [-0.2, 0) is 4.74 Å². The van der Waals surface area contributed by atoms with Crippen LogP contribution in [0.5, 0.6) is 0 Å². The van der Waals surface area contributed by atoms with Crippen molar-refractivity contribution in [2.45, 2.75) is 25.2 Å². The predicted molar refractivity (Wildman–Crippen MR) is 67.0 cm³/mol. The molecule has 0 aromatic carbocycles. The van der Waals surface area contributed by atoms with Gasteiger partial charge >= 0.3 is 0 Å². The molecule has 20 heavy (non-hydrogen) atoms. The number of aliphatic hydroxyl groups is 1. The van der Waals surface area contributed by atoms with E-state index in [9.17, 15) is 8.78 Å². The van der Waals surface area contributed by atoms with Gasteiger partial charge in [0.2, 0.25) is 6.93 Å². The molecule has 0 spiro atoms. The van der Waals surface area contributed by atoms with Crippen LogP contribution in [-0.4, -0.2) is 44.3 Å². The molecule has 0 aliphatic carbocycles. The highest BCUT2D eigenvalue weighted by Gasteiger charge is 2.27. The highest BCUT2D eigenvalue weighted by atomic mass is 19.3. The maximum absolute atomic E-state index is 9.62. The molecule has 0 radical (unpaired) electrons. The number of hydrogen-bond acceptors (Lipinski definition) is 6. The summed E-state index contributed by atoms with van der Waals surface area (Å²) in [4.78, 5) is 12.2. The fourth-order valence-electron chi connectivity index (χ4n) is 2.11. The molecular weight excluding hydrogens is 272 g/mol. The lowest BCUT2D eigenvalue weighted by molar-refractivity contribution is -0.0207. The van der Waals surface area contributed by atoms with E-state index in [1.165, 1.54) is 6.33 Å². The van der Waals surface area contributed by atoms with Crippen molar-refractivity contribution < 1.29 is 18.6 Å². The van der Waals surface area contributed by atoms with Crippen molar-refractivity contribution in [3.63, 3.8) is 0 Å². The van der Waals surface area contributed by atoms with Gasteiger partial charge in [-0.1, -0.05) is 0 Å². The maximum Gasteiger partial charge on any atom is 0.229 e. The number of aromatic nitrogens is 4. The molecule has 0 saturated carbocycles. The van der Waals surface area contributed by atoms with Gasteiger partial charge in [0.15, 0.2) is 11.5 Å². The third-order valence-electron chi connectivity index (χ3n) is 2.99. The molecule has 7 nitrogen and oxygen atoms in total. The van der Waals surface area contributed by atoms with Crippen LogP contribution in [0.4, 0.5) is 14.6 Å². The van der Waals surface area contributed by atoms with E-state index in [-0.39, 0.29) is 18.9 Å². The van der Waals surface area contributed by atoms with Gasteiger partial charge in [0.1, 0.15) is 18.1 Å². The second kappa shape index (κ2) is 6.53. The van der Waals surface area contributed by atoms with Crippen molar-refractivity contribution in [3.8, 4) is 0 Å². The van der Waals surface area contributed by atoms with Gasteiger partial charge in [-0.05, 0) is 12.8 Å². The summed E-state index contributed by atoms with van der Waals surface area (Å²) >= 11 is 0. The van der Waals surface area contributed by atoms with Crippen molar-refractivity contribution in [2.24, 2.45) is 0 Å². The minimum absolute atomic E-state index is 0.0419. The number of nitrogens with two attached hydrogens (primary N) is 1. The maximum atomic E-state index is 9.62. The molecule has 2 aromatic heterocycles. The van der Waals surface area contributed by atoms with Crippen molar-refractivity contribution in [1.82, 2.24) is 19.5 Å². The van der Waals surface area contributed by atoms with E-state index < -0.39 is 6.93 Å². The number of hydrogen-bond donors (Lipinski definition) is 2. The summed E-state index contributed by atoms with van der Waals surface area (Å²) in [7, 11) is 0. The van der Waals surface area contributed by atoms with Gasteiger partial charge in [0.05, 0.1) is 19.0 Å². The Labute approximate surface area is 113 Å². The Hall–Kier alpha value is -1.87. The predicted octanol–water partition coefficient (Wildman–Crippen LogP) is 0.961. The van der Waals surface area contributed by atoms with Gasteiger partial charge in [0, 0.05) is 0 Å². The molecule has 1 fully saturated rings. The number of alkyl halides is 2. The zero-order valence-electron chi connectivity index (χ0n) is 10.6. The number of nitrogen functional groups attached to an aromatic ring is 1. The zero-order chi connectivity index (χ0) is 14.5. The van der Waals surface area contributed by atoms with Gasteiger partial charge in [-0.3, -0.25) is 4.57 Å². The Bertz CT molecular complexity index is 565. The highest BCUT2D eigenvalue weighted by Crippen LogP contribution is 2.30. The lowest BCUT2D eigenvalue weighted by Gasteiger charge is -2.13. The molecule has 0 bridgehead atoms. The van der Waals surface area contributed by atoms with Crippen LogP contribution >= 0.6 is 0 Å². The lowest BCUT2D eigenvalue weighted by atomic mass is 10.2. The first kappa shape index (κ1) is 14.5. The van der Waals surface area contributed by atoms with E-state index in [1.54, 1.807) is 6.33 Å². The Morgan fingerprint density at radius 3 is 2.75 bits per heavy atom. The van der Waals surface area contributed by atoms with E-state index in [4.69, 9.17) is 15.6 Å². The molecular formula is C11H15F2N5O2. The van der Waals surface area contributed by atoms with Gasteiger partial charge in [-0.25, -0.2) is 23.7 Å². The largest absolute Gasteiger partial charge is 0.394 e. The summed E-state index contributed by atoms with van der Waals surface area (Å²) in [6.45, 7) is -1.71. The second-order valence-electron chi connectivity index (χ2n) is 4.16. The summed E-state index contributed by atoms with van der Waals surface area (Å²) < 4.78 is 26.8. The smallest absolute Gasteiger partial charge is 0.229 e. The van der Waals surface area contributed by atoms with E-state index in [2.05, 4.69) is 15.0 Å². The average Bonchev–Trinajstić information content (AvgIpc) is 3.06. The van der Waals surface area contributed by atoms with Crippen molar-refractivity contribution in [2.75, 3.05) is 19.3 Å².